The van der Waals surface area contributed by atoms with Crippen LogP contribution in [0.15, 0.2) is 70.3 Å². The molecule has 36 heavy (non-hydrogen) atoms. The van der Waals surface area contributed by atoms with Gasteiger partial charge in [0, 0.05) is 7.05 Å². The molecule has 0 aliphatic carbocycles. The van der Waals surface area contributed by atoms with Gasteiger partial charge in [-0.15, -0.1) is 11.3 Å². The number of carbonyl (C=O) groups is 2. The van der Waals surface area contributed by atoms with Crippen LogP contribution in [0.4, 0.5) is 0 Å². The molecule has 2 aromatic heterocycles. The molecule has 0 amide bonds. The SMILES string of the molecule is Cn1c(=O)n(Cc2ccc(C(=O)OC(C)(C)C)cc2)c(=O)c2cc(C(=O)OCc3ccccc3)sc21. The standard InChI is InChI=1S/C27H26N2O6S/c1-27(2,3)35-24(31)19-12-10-17(11-13-19)15-29-22(30)20-14-21(36-23(20)28(4)26(29)33)25(32)34-16-18-8-6-5-7-9-18/h5-14H,15-16H2,1-4H3. The molecule has 0 spiro atoms. The van der Waals surface area contributed by atoms with E-state index in [4.69, 9.17) is 9.47 Å². The van der Waals surface area contributed by atoms with Gasteiger partial charge in [0.05, 0.1) is 17.5 Å². The van der Waals surface area contributed by atoms with Crippen molar-refractivity contribution in [1.29, 1.82) is 0 Å². The lowest BCUT2D eigenvalue weighted by atomic mass is 10.1. The molecule has 0 aliphatic rings. The van der Waals surface area contributed by atoms with Gasteiger partial charge in [0.15, 0.2) is 0 Å². The van der Waals surface area contributed by atoms with Crippen LogP contribution in [0.5, 0.6) is 0 Å². The number of nitrogens with zero attached hydrogens (tertiary/aromatic N) is 2. The molecule has 0 N–H and O–H groups in total. The van der Waals surface area contributed by atoms with E-state index in [1.807, 2.05) is 30.3 Å². The topological polar surface area (TPSA) is 96.6 Å². The number of rotatable bonds is 6. The number of fused-ring (bicyclic) bond motifs is 1. The molecular formula is C27H26N2O6S. The van der Waals surface area contributed by atoms with Gasteiger partial charge in [0.2, 0.25) is 0 Å². The Morgan fingerprint density at radius 2 is 1.58 bits per heavy atom. The monoisotopic (exact) mass is 506 g/mol. The predicted molar refractivity (Wildman–Crippen MR) is 138 cm³/mol. The Balaban J connectivity index is 1.58. The van der Waals surface area contributed by atoms with Crippen molar-refractivity contribution in [1.82, 2.24) is 9.13 Å². The smallest absolute Gasteiger partial charge is 0.348 e. The van der Waals surface area contributed by atoms with Crippen molar-refractivity contribution in [2.24, 2.45) is 7.05 Å². The minimum Gasteiger partial charge on any atom is -0.457 e. The van der Waals surface area contributed by atoms with Crippen LogP contribution < -0.4 is 11.2 Å². The molecule has 9 heteroatoms. The van der Waals surface area contributed by atoms with E-state index in [0.717, 1.165) is 21.5 Å². The van der Waals surface area contributed by atoms with E-state index in [0.29, 0.717) is 16.0 Å². The second-order valence-electron chi connectivity index (χ2n) is 9.32. The number of hydrogen-bond donors (Lipinski definition) is 0. The molecule has 0 radical (unpaired) electrons. The van der Waals surface area contributed by atoms with Crippen molar-refractivity contribution in [2.75, 3.05) is 0 Å². The average Bonchev–Trinajstić information content (AvgIpc) is 3.30. The predicted octanol–water partition coefficient (Wildman–Crippen LogP) is 4.12. The molecule has 0 saturated heterocycles. The van der Waals surface area contributed by atoms with Crippen LogP contribution in [0.25, 0.3) is 10.2 Å². The number of benzene rings is 2. The second-order valence-corrected chi connectivity index (χ2v) is 10.4. The highest BCUT2D eigenvalue weighted by atomic mass is 32.1. The van der Waals surface area contributed by atoms with Crippen LogP contribution in [-0.2, 0) is 29.7 Å². The molecular weight excluding hydrogens is 480 g/mol. The fourth-order valence-corrected chi connectivity index (χ4v) is 4.58. The first kappa shape index (κ1) is 25.1. The summed E-state index contributed by atoms with van der Waals surface area (Å²) in [5, 5.41) is 0.263. The molecule has 0 atom stereocenters. The number of carbonyl (C=O) groups excluding carboxylic acids is 2. The molecule has 186 valence electrons. The molecule has 4 aromatic rings. The molecule has 0 unspecified atom stereocenters. The first-order valence-electron chi connectivity index (χ1n) is 11.3. The van der Waals surface area contributed by atoms with Gasteiger partial charge in [-0.1, -0.05) is 42.5 Å². The van der Waals surface area contributed by atoms with Crippen LogP contribution >= 0.6 is 11.3 Å². The fraction of sp³-hybridized carbons (Fsp3) is 0.259. The van der Waals surface area contributed by atoms with E-state index in [1.54, 1.807) is 52.1 Å². The highest BCUT2D eigenvalue weighted by Crippen LogP contribution is 2.23. The minimum absolute atomic E-state index is 0.0136. The molecule has 0 saturated carbocycles. The third-order valence-corrected chi connectivity index (χ3v) is 6.55. The molecule has 8 nitrogen and oxygen atoms in total. The fourth-order valence-electron chi connectivity index (χ4n) is 3.58. The lowest BCUT2D eigenvalue weighted by Crippen LogP contribution is -2.38. The number of thiophene rings is 1. The summed E-state index contributed by atoms with van der Waals surface area (Å²) in [4.78, 5) is 51.6. The first-order chi connectivity index (χ1) is 17.0. The quantitative estimate of drug-likeness (QED) is 0.365. The van der Waals surface area contributed by atoms with E-state index in [-0.39, 0.29) is 23.4 Å². The van der Waals surface area contributed by atoms with Crippen molar-refractivity contribution in [3.8, 4) is 0 Å². The minimum atomic E-state index is -0.613. The molecule has 0 aliphatic heterocycles. The first-order valence-corrected chi connectivity index (χ1v) is 12.1. The molecule has 4 rings (SSSR count). The van der Waals surface area contributed by atoms with E-state index < -0.39 is 28.8 Å². The third kappa shape index (κ3) is 5.46. The van der Waals surface area contributed by atoms with Crippen molar-refractivity contribution >= 4 is 33.5 Å². The Bertz CT molecular complexity index is 1540. The average molecular weight is 507 g/mol. The van der Waals surface area contributed by atoms with E-state index in [2.05, 4.69) is 0 Å². The summed E-state index contributed by atoms with van der Waals surface area (Å²) in [7, 11) is 1.56. The summed E-state index contributed by atoms with van der Waals surface area (Å²) in [6.45, 7) is 5.49. The van der Waals surface area contributed by atoms with Crippen LogP contribution in [0.2, 0.25) is 0 Å². The summed E-state index contributed by atoms with van der Waals surface area (Å²) >= 11 is 1.04. The van der Waals surface area contributed by atoms with Crippen LogP contribution in [0, 0.1) is 0 Å². The van der Waals surface area contributed by atoms with Gasteiger partial charge in [-0.2, -0.15) is 0 Å². The number of aryl methyl sites for hydroxylation is 1. The lowest BCUT2D eigenvalue weighted by Gasteiger charge is -2.19. The van der Waals surface area contributed by atoms with Crippen LogP contribution in [0.1, 0.15) is 51.9 Å². The van der Waals surface area contributed by atoms with Crippen molar-refractivity contribution in [3.63, 3.8) is 0 Å². The molecule has 0 fully saturated rings. The highest BCUT2D eigenvalue weighted by molar-refractivity contribution is 7.20. The van der Waals surface area contributed by atoms with Gasteiger partial charge in [-0.3, -0.25) is 13.9 Å². The summed E-state index contributed by atoms with van der Waals surface area (Å²) in [6, 6.07) is 17.3. The maximum atomic E-state index is 13.2. The van der Waals surface area contributed by atoms with Gasteiger partial charge in [0.25, 0.3) is 5.56 Å². The van der Waals surface area contributed by atoms with Gasteiger partial charge in [0.1, 0.15) is 21.9 Å². The van der Waals surface area contributed by atoms with Crippen LogP contribution in [-0.4, -0.2) is 26.7 Å². The summed E-state index contributed by atoms with van der Waals surface area (Å²) in [5.41, 5.74) is 0.272. The summed E-state index contributed by atoms with van der Waals surface area (Å²) in [5.74, 6) is -1.01. The normalized spacial score (nSPS) is 11.4. The molecule has 2 aromatic carbocycles. The van der Waals surface area contributed by atoms with Crippen molar-refractivity contribution in [3.05, 3.63) is 103 Å². The number of hydrogen-bond acceptors (Lipinski definition) is 7. The molecule has 2 heterocycles. The van der Waals surface area contributed by atoms with Crippen molar-refractivity contribution < 1.29 is 19.1 Å². The van der Waals surface area contributed by atoms with Gasteiger partial charge < -0.3 is 9.47 Å². The number of esters is 2. The molecule has 0 bridgehead atoms. The van der Waals surface area contributed by atoms with Gasteiger partial charge in [-0.05, 0) is 50.1 Å². The zero-order valence-corrected chi connectivity index (χ0v) is 21.3. The highest BCUT2D eigenvalue weighted by Gasteiger charge is 2.20. The van der Waals surface area contributed by atoms with E-state index in [9.17, 15) is 19.2 Å². The number of ether oxygens (including phenoxy) is 2. The maximum absolute atomic E-state index is 13.2. The van der Waals surface area contributed by atoms with Crippen molar-refractivity contribution in [2.45, 2.75) is 39.5 Å². The Hall–Kier alpha value is -3.98. The summed E-state index contributed by atoms with van der Waals surface area (Å²) in [6.07, 6.45) is 0. The third-order valence-electron chi connectivity index (χ3n) is 5.35. The zero-order chi connectivity index (χ0) is 26.0. The van der Waals surface area contributed by atoms with Gasteiger partial charge >= 0.3 is 17.6 Å². The second kappa shape index (κ2) is 9.94. The Morgan fingerprint density at radius 1 is 0.917 bits per heavy atom. The Labute approximate surface area is 211 Å². The largest absolute Gasteiger partial charge is 0.457 e. The summed E-state index contributed by atoms with van der Waals surface area (Å²) < 4.78 is 13.2. The van der Waals surface area contributed by atoms with E-state index >= 15 is 0 Å². The zero-order valence-electron chi connectivity index (χ0n) is 20.4. The van der Waals surface area contributed by atoms with Gasteiger partial charge in [-0.25, -0.2) is 14.4 Å². The van der Waals surface area contributed by atoms with Crippen LogP contribution in [0.3, 0.4) is 0 Å². The number of aromatic nitrogens is 2. The Morgan fingerprint density at radius 3 is 2.22 bits per heavy atom. The Kier molecular flexibility index (Phi) is 6.94. The van der Waals surface area contributed by atoms with E-state index in [1.165, 1.54) is 10.6 Å². The maximum Gasteiger partial charge on any atom is 0.348 e. The lowest BCUT2D eigenvalue weighted by molar-refractivity contribution is 0.00692.